The molecule has 2 aromatic heterocycles. The Morgan fingerprint density at radius 3 is 2.90 bits per heavy atom. The Kier molecular flexibility index (Phi) is 4.12. The SMILES string of the molecule is Cc1[nH]nc(-c2ccccc2)c1C(=O)N1CCCC2(CCc3cnc(N)nc32)C1. The average molecular weight is 388 g/mol. The number of nitrogen functional groups attached to an aromatic ring is 1. The molecule has 1 spiro atoms. The third kappa shape index (κ3) is 2.88. The van der Waals surface area contributed by atoms with Crippen LogP contribution in [-0.4, -0.2) is 44.1 Å². The molecule has 1 saturated heterocycles. The molecule has 0 bridgehead atoms. The quantitative estimate of drug-likeness (QED) is 0.703. The van der Waals surface area contributed by atoms with E-state index in [1.54, 1.807) is 0 Å². The minimum absolute atomic E-state index is 0.0321. The van der Waals surface area contributed by atoms with Gasteiger partial charge in [0.1, 0.15) is 5.69 Å². The van der Waals surface area contributed by atoms with Crippen LogP contribution < -0.4 is 5.73 Å². The van der Waals surface area contributed by atoms with Gasteiger partial charge in [0.15, 0.2) is 0 Å². The van der Waals surface area contributed by atoms with Crippen molar-refractivity contribution in [1.82, 2.24) is 25.1 Å². The number of hydrogen-bond donors (Lipinski definition) is 2. The first-order chi connectivity index (χ1) is 14.1. The van der Waals surface area contributed by atoms with Crippen molar-refractivity contribution in [3.05, 3.63) is 59.0 Å². The highest BCUT2D eigenvalue weighted by molar-refractivity contribution is 6.01. The van der Waals surface area contributed by atoms with Gasteiger partial charge in [-0.3, -0.25) is 9.89 Å². The smallest absolute Gasteiger partial charge is 0.257 e. The summed E-state index contributed by atoms with van der Waals surface area (Å²) in [5.41, 5.74) is 11.1. The van der Waals surface area contributed by atoms with Gasteiger partial charge in [0.05, 0.1) is 11.3 Å². The van der Waals surface area contributed by atoms with Crippen molar-refractivity contribution in [2.75, 3.05) is 18.8 Å². The molecule has 1 fully saturated rings. The van der Waals surface area contributed by atoms with Crippen LogP contribution in [0, 0.1) is 6.92 Å². The monoisotopic (exact) mass is 388 g/mol. The van der Waals surface area contributed by atoms with Crippen molar-refractivity contribution in [2.24, 2.45) is 0 Å². The maximum Gasteiger partial charge on any atom is 0.257 e. The zero-order valence-corrected chi connectivity index (χ0v) is 16.5. The fourth-order valence-electron chi connectivity index (χ4n) is 4.91. The van der Waals surface area contributed by atoms with Crippen molar-refractivity contribution in [3.8, 4) is 11.3 Å². The zero-order valence-electron chi connectivity index (χ0n) is 16.5. The summed E-state index contributed by atoms with van der Waals surface area (Å²) >= 11 is 0. The Morgan fingerprint density at radius 1 is 1.24 bits per heavy atom. The van der Waals surface area contributed by atoms with Gasteiger partial charge in [-0.15, -0.1) is 0 Å². The van der Waals surface area contributed by atoms with E-state index in [2.05, 4.69) is 20.2 Å². The predicted molar refractivity (Wildman–Crippen MR) is 110 cm³/mol. The first-order valence-corrected chi connectivity index (χ1v) is 10.1. The molecular weight excluding hydrogens is 364 g/mol. The molecule has 148 valence electrons. The van der Waals surface area contributed by atoms with E-state index in [0.717, 1.165) is 54.7 Å². The number of benzene rings is 1. The highest BCUT2D eigenvalue weighted by Gasteiger charge is 2.45. The van der Waals surface area contributed by atoms with E-state index in [9.17, 15) is 4.79 Å². The van der Waals surface area contributed by atoms with Crippen LogP contribution in [0.2, 0.25) is 0 Å². The first-order valence-electron chi connectivity index (χ1n) is 10.1. The zero-order chi connectivity index (χ0) is 20.0. The van der Waals surface area contributed by atoms with Crippen molar-refractivity contribution >= 4 is 11.9 Å². The van der Waals surface area contributed by atoms with Crippen LogP contribution in [0.25, 0.3) is 11.3 Å². The standard InChI is InChI=1S/C22H24N6O/c1-14-17(18(27-26-14)15-6-3-2-4-7-15)20(29)28-11-5-9-22(13-28)10-8-16-12-24-21(23)25-19(16)22/h2-4,6-7,12H,5,8-11,13H2,1H3,(H,26,27)(H2,23,24,25). The number of aryl methyl sites for hydroxylation is 2. The van der Waals surface area contributed by atoms with Crippen molar-refractivity contribution in [3.63, 3.8) is 0 Å². The van der Waals surface area contributed by atoms with Crippen LogP contribution in [0.5, 0.6) is 0 Å². The number of aromatic nitrogens is 4. The third-order valence-corrected chi connectivity index (χ3v) is 6.33. The number of carbonyl (C=O) groups is 1. The molecule has 1 amide bonds. The van der Waals surface area contributed by atoms with Gasteiger partial charge in [0.2, 0.25) is 5.95 Å². The Labute approximate surface area is 169 Å². The van der Waals surface area contributed by atoms with Gasteiger partial charge in [0, 0.05) is 36.0 Å². The maximum atomic E-state index is 13.6. The molecule has 1 atom stereocenters. The van der Waals surface area contributed by atoms with Gasteiger partial charge < -0.3 is 10.6 Å². The highest BCUT2D eigenvalue weighted by Crippen LogP contribution is 2.44. The number of piperidine rings is 1. The molecular formula is C22H24N6O. The van der Waals surface area contributed by atoms with Crippen LogP contribution in [0.3, 0.4) is 0 Å². The normalized spacial score (nSPS) is 20.8. The number of likely N-dealkylation sites (tertiary alicyclic amines) is 1. The van der Waals surface area contributed by atoms with Gasteiger partial charge in [0.25, 0.3) is 5.91 Å². The molecule has 0 saturated carbocycles. The van der Waals surface area contributed by atoms with Crippen molar-refractivity contribution in [2.45, 2.75) is 38.0 Å². The molecule has 2 aliphatic rings. The second-order valence-corrected chi connectivity index (χ2v) is 8.15. The van der Waals surface area contributed by atoms with E-state index in [1.807, 2.05) is 48.4 Å². The van der Waals surface area contributed by atoms with E-state index >= 15 is 0 Å². The Bertz CT molecular complexity index is 1070. The topological polar surface area (TPSA) is 101 Å². The van der Waals surface area contributed by atoms with E-state index < -0.39 is 0 Å². The number of nitrogens with one attached hydrogen (secondary N) is 1. The van der Waals surface area contributed by atoms with Crippen LogP contribution in [0.4, 0.5) is 5.95 Å². The molecule has 3 heterocycles. The van der Waals surface area contributed by atoms with Crippen molar-refractivity contribution < 1.29 is 4.79 Å². The second kappa shape index (κ2) is 6.69. The molecule has 7 heteroatoms. The van der Waals surface area contributed by atoms with Gasteiger partial charge >= 0.3 is 0 Å². The minimum atomic E-state index is -0.120. The molecule has 1 aromatic carbocycles. The Balaban J connectivity index is 1.49. The number of nitrogens with two attached hydrogens (primary N) is 1. The second-order valence-electron chi connectivity index (χ2n) is 8.15. The number of rotatable bonds is 2. The van der Waals surface area contributed by atoms with Gasteiger partial charge in [-0.2, -0.15) is 5.10 Å². The number of nitrogens with zero attached hydrogens (tertiary/aromatic N) is 4. The summed E-state index contributed by atoms with van der Waals surface area (Å²) in [5.74, 6) is 0.343. The van der Waals surface area contributed by atoms with Crippen LogP contribution in [-0.2, 0) is 11.8 Å². The molecule has 3 aromatic rings. The fourth-order valence-corrected chi connectivity index (χ4v) is 4.91. The number of amides is 1. The Morgan fingerprint density at radius 2 is 2.07 bits per heavy atom. The maximum absolute atomic E-state index is 13.6. The molecule has 29 heavy (non-hydrogen) atoms. The lowest BCUT2D eigenvalue weighted by molar-refractivity contribution is 0.0633. The summed E-state index contributed by atoms with van der Waals surface area (Å²) in [4.78, 5) is 24.3. The van der Waals surface area contributed by atoms with Gasteiger partial charge in [-0.05, 0) is 38.2 Å². The van der Waals surface area contributed by atoms with E-state index in [0.29, 0.717) is 23.8 Å². The first kappa shape index (κ1) is 17.8. The van der Waals surface area contributed by atoms with Gasteiger partial charge in [-0.25, -0.2) is 9.97 Å². The number of hydrogen-bond acceptors (Lipinski definition) is 5. The predicted octanol–water partition coefficient (Wildman–Crippen LogP) is 2.88. The van der Waals surface area contributed by atoms with E-state index in [1.165, 1.54) is 0 Å². The largest absolute Gasteiger partial charge is 0.368 e. The summed E-state index contributed by atoms with van der Waals surface area (Å²) in [5, 5.41) is 7.43. The lowest BCUT2D eigenvalue weighted by Gasteiger charge is -2.40. The van der Waals surface area contributed by atoms with Crippen molar-refractivity contribution in [1.29, 1.82) is 0 Å². The molecule has 1 aliphatic heterocycles. The summed E-state index contributed by atoms with van der Waals surface area (Å²) in [7, 11) is 0. The molecule has 1 unspecified atom stereocenters. The summed E-state index contributed by atoms with van der Waals surface area (Å²) in [6.07, 6.45) is 5.75. The number of fused-ring (bicyclic) bond motifs is 2. The lowest BCUT2D eigenvalue weighted by atomic mass is 9.77. The summed E-state index contributed by atoms with van der Waals surface area (Å²) in [6.45, 7) is 3.31. The number of anilines is 1. The number of aromatic amines is 1. The number of H-pyrrole nitrogens is 1. The summed E-state index contributed by atoms with van der Waals surface area (Å²) < 4.78 is 0. The minimum Gasteiger partial charge on any atom is -0.368 e. The van der Waals surface area contributed by atoms with Crippen LogP contribution in [0.1, 0.15) is 46.6 Å². The molecule has 7 nitrogen and oxygen atoms in total. The molecule has 3 N–H and O–H groups in total. The fraction of sp³-hybridized carbons (Fsp3) is 0.364. The van der Waals surface area contributed by atoms with Gasteiger partial charge in [-0.1, -0.05) is 30.3 Å². The molecule has 0 radical (unpaired) electrons. The van der Waals surface area contributed by atoms with Crippen LogP contribution >= 0.6 is 0 Å². The van der Waals surface area contributed by atoms with E-state index in [-0.39, 0.29) is 11.3 Å². The Hall–Kier alpha value is -3.22. The number of carbonyl (C=O) groups excluding carboxylic acids is 1. The molecule has 1 aliphatic carbocycles. The summed E-state index contributed by atoms with van der Waals surface area (Å²) in [6, 6.07) is 9.85. The lowest BCUT2D eigenvalue weighted by Crippen LogP contribution is -2.48. The van der Waals surface area contributed by atoms with Crippen LogP contribution in [0.15, 0.2) is 36.5 Å². The highest BCUT2D eigenvalue weighted by atomic mass is 16.2. The average Bonchev–Trinajstić information content (AvgIpc) is 3.29. The van der Waals surface area contributed by atoms with E-state index in [4.69, 9.17) is 5.73 Å². The molecule has 5 rings (SSSR count). The third-order valence-electron chi connectivity index (χ3n) is 6.33.